The van der Waals surface area contributed by atoms with Crippen LogP contribution in [0, 0.1) is 0 Å². The number of allylic oxidation sites excluding steroid dienone is 1. The number of hydrogen-bond acceptors (Lipinski definition) is 6. The molecule has 1 N–H and O–H groups in total. The lowest BCUT2D eigenvalue weighted by molar-refractivity contribution is -0.136. The Hall–Kier alpha value is -2.41. The number of carbonyl (C=O) groups is 1. The van der Waals surface area contributed by atoms with Crippen LogP contribution in [0.3, 0.4) is 0 Å². The highest BCUT2D eigenvalue weighted by Gasteiger charge is 2.35. The average molecular weight is 320 g/mol. The molecule has 114 valence electrons. The molecule has 1 aromatic heterocycles. The summed E-state index contributed by atoms with van der Waals surface area (Å²) >= 11 is 5.95. The fraction of sp³-hybridized carbons (Fsp3) is 0.286. The molecule has 2 heterocycles. The molecular formula is C14H14ClN5O2. The van der Waals surface area contributed by atoms with Gasteiger partial charge in [-0.1, -0.05) is 35.8 Å². The van der Waals surface area contributed by atoms with Gasteiger partial charge in [0.2, 0.25) is 5.95 Å². The molecule has 2 aromatic rings. The number of fused-ring (bicyclic) bond motifs is 1. The van der Waals surface area contributed by atoms with E-state index in [4.69, 9.17) is 16.3 Å². The summed E-state index contributed by atoms with van der Waals surface area (Å²) in [5.74, 6) is 0.0786. The number of ether oxygens (including phenoxy) is 1. The Morgan fingerprint density at radius 1 is 1.41 bits per heavy atom. The maximum Gasteiger partial charge on any atom is 0.338 e. The lowest BCUT2D eigenvalue weighted by Gasteiger charge is -2.28. The zero-order valence-electron chi connectivity index (χ0n) is 12.1. The number of halogens is 1. The van der Waals surface area contributed by atoms with Gasteiger partial charge in [-0.2, -0.15) is 4.68 Å². The predicted molar refractivity (Wildman–Crippen MR) is 80.4 cm³/mol. The van der Waals surface area contributed by atoms with E-state index >= 15 is 0 Å². The number of hydrogen-bond donors (Lipinski definition) is 1. The number of nitrogens with one attached hydrogen (secondary N) is 1. The number of methoxy groups -OCH3 is 1. The zero-order valence-corrected chi connectivity index (χ0v) is 12.8. The van der Waals surface area contributed by atoms with Crippen LogP contribution >= 0.6 is 11.6 Å². The number of anilines is 1. The lowest BCUT2D eigenvalue weighted by atomic mass is 9.95. The van der Waals surface area contributed by atoms with Gasteiger partial charge in [0.1, 0.15) is 6.04 Å². The van der Waals surface area contributed by atoms with Crippen molar-refractivity contribution in [2.45, 2.75) is 19.4 Å². The highest BCUT2D eigenvalue weighted by atomic mass is 35.5. The van der Waals surface area contributed by atoms with Gasteiger partial charge in [0, 0.05) is 10.7 Å². The Balaban J connectivity index is 2.19. The Bertz CT molecular complexity index is 738. The highest BCUT2D eigenvalue weighted by molar-refractivity contribution is 6.30. The quantitative estimate of drug-likeness (QED) is 0.873. The first kappa shape index (κ1) is 14.5. The molecule has 1 unspecified atom stereocenters. The van der Waals surface area contributed by atoms with Crippen LogP contribution in [0.5, 0.6) is 0 Å². The van der Waals surface area contributed by atoms with Gasteiger partial charge in [0.25, 0.3) is 0 Å². The molecule has 1 aromatic carbocycles. The molecule has 0 fully saturated rings. The zero-order chi connectivity index (χ0) is 15.7. The van der Waals surface area contributed by atoms with Crippen LogP contribution in [-0.2, 0) is 9.53 Å². The predicted octanol–water partition coefficient (Wildman–Crippen LogP) is 2.18. The summed E-state index contributed by atoms with van der Waals surface area (Å²) in [6, 6.07) is 6.78. The lowest BCUT2D eigenvalue weighted by Crippen LogP contribution is -2.30. The third-order valence-corrected chi connectivity index (χ3v) is 3.80. The smallest absolute Gasteiger partial charge is 0.338 e. The minimum absolute atomic E-state index is 0.412. The SMILES string of the molecule is CCC1=C(C(=O)OC)C(c2ccc(Cl)cc2)n2nnnc2N1. The van der Waals surface area contributed by atoms with Crippen molar-refractivity contribution in [3.8, 4) is 0 Å². The van der Waals surface area contributed by atoms with Gasteiger partial charge in [-0.3, -0.25) is 0 Å². The largest absolute Gasteiger partial charge is 0.466 e. The van der Waals surface area contributed by atoms with Crippen LogP contribution < -0.4 is 5.32 Å². The maximum atomic E-state index is 12.3. The molecule has 0 amide bonds. The van der Waals surface area contributed by atoms with Gasteiger partial charge in [-0.25, -0.2) is 4.79 Å². The third-order valence-electron chi connectivity index (χ3n) is 3.54. The van der Waals surface area contributed by atoms with Gasteiger partial charge in [0.15, 0.2) is 0 Å². The van der Waals surface area contributed by atoms with Crippen molar-refractivity contribution in [3.63, 3.8) is 0 Å². The van der Waals surface area contributed by atoms with Crippen molar-refractivity contribution in [3.05, 3.63) is 46.1 Å². The molecule has 7 nitrogen and oxygen atoms in total. The first-order valence-corrected chi connectivity index (χ1v) is 7.15. The molecule has 1 aliphatic heterocycles. The Morgan fingerprint density at radius 2 is 2.14 bits per heavy atom. The third kappa shape index (κ3) is 2.33. The van der Waals surface area contributed by atoms with Crippen LogP contribution in [0.4, 0.5) is 5.95 Å². The summed E-state index contributed by atoms with van der Waals surface area (Å²) in [4.78, 5) is 12.3. The minimum Gasteiger partial charge on any atom is -0.466 e. The summed E-state index contributed by atoms with van der Waals surface area (Å²) in [6.07, 6.45) is 0.626. The van der Waals surface area contributed by atoms with E-state index < -0.39 is 12.0 Å². The summed E-state index contributed by atoms with van der Waals surface area (Å²) in [5.41, 5.74) is 2.09. The van der Waals surface area contributed by atoms with Crippen LogP contribution in [0.1, 0.15) is 24.9 Å². The van der Waals surface area contributed by atoms with E-state index in [1.165, 1.54) is 7.11 Å². The molecule has 1 atom stereocenters. The first-order chi connectivity index (χ1) is 10.7. The summed E-state index contributed by atoms with van der Waals surface area (Å²) in [7, 11) is 1.36. The number of carbonyl (C=O) groups excluding carboxylic acids is 1. The summed E-state index contributed by atoms with van der Waals surface area (Å²) in [6.45, 7) is 1.95. The second kappa shape index (κ2) is 5.76. The molecule has 0 saturated carbocycles. The molecule has 0 spiro atoms. The molecule has 8 heteroatoms. The molecule has 0 bridgehead atoms. The van der Waals surface area contributed by atoms with Gasteiger partial charge in [-0.15, -0.1) is 0 Å². The highest BCUT2D eigenvalue weighted by Crippen LogP contribution is 2.36. The maximum absolute atomic E-state index is 12.3. The second-order valence-electron chi connectivity index (χ2n) is 4.76. The molecule has 0 aliphatic carbocycles. The first-order valence-electron chi connectivity index (χ1n) is 6.77. The van der Waals surface area contributed by atoms with Gasteiger partial charge < -0.3 is 10.1 Å². The molecule has 0 saturated heterocycles. The van der Waals surface area contributed by atoms with Crippen LogP contribution in [0.2, 0.25) is 5.02 Å². The van der Waals surface area contributed by atoms with Gasteiger partial charge in [-0.05, 0) is 34.5 Å². The Labute approximate surface area is 131 Å². The van der Waals surface area contributed by atoms with Crippen molar-refractivity contribution in [1.82, 2.24) is 20.2 Å². The normalized spacial score (nSPS) is 17.0. The van der Waals surface area contributed by atoms with E-state index in [0.717, 1.165) is 11.3 Å². The van der Waals surface area contributed by atoms with Crippen molar-refractivity contribution < 1.29 is 9.53 Å². The number of esters is 1. The van der Waals surface area contributed by atoms with E-state index in [-0.39, 0.29) is 0 Å². The second-order valence-corrected chi connectivity index (χ2v) is 5.20. The van der Waals surface area contributed by atoms with Crippen molar-refractivity contribution in [2.75, 3.05) is 12.4 Å². The van der Waals surface area contributed by atoms with Crippen molar-refractivity contribution in [2.24, 2.45) is 0 Å². The van der Waals surface area contributed by atoms with Crippen LogP contribution in [0.15, 0.2) is 35.5 Å². The van der Waals surface area contributed by atoms with E-state index in [0.29, 0.717) is 23.0 Å². The topological polar surface area (TPSA) is 81.9 Å². The molecular weight excluding hydrogens is 306 g/mol. The van der Waals surface area contributed by atoms with E-state index in [2.05, 4.69) is 20.8 Å². The number of tetrazole rings is 1. The number of nitrogens with zero attached hydrogens (tertiary/aromatic N) is 4. The van der Waals surface area contributed by atoms with Crippen LogP contribution in [0.25, 0.3) is 0 Å². The fourth-order valence-electron chi connectivity index (χ4n) is 2.52. The summed E-state index contributed by atoms with van der Waals surface area (Å²) < 4.78 is 6.51. The molecule has 1 aliphatic rings. The van der Waals surface area contributed by atoms with Gasteiger partial charge >= 0.3 is 5.97 Å². The Morgan fingerprint density at radius 3 is 2.77 bits per heavy atom. The van der Waals surface area contributed by atoms with Gasteiger partial charge in [0.05, 0.1) is 12.7 Å². The van der Waals surface area contributed by atoms with Crippen molar-refractivity contribution >= 4 is 23.5 Å². The van der Waals surface area contributed by atoms with Crippen molar-refractivity contribution in [1.29, 1.82) is 0 Å². The number of aromatic nitrogens is 4. The minimum atomic E-state index is -0.453. The van der Waals surface area contributed by atoms with E-state index in [9.17, 15) is 4.79 Å². The standard InChI is InChI=1S/C14H14ClN5O2/c1-3-10-11(13(21)22-2)12(8-4-6-9(15)7-5-8)20-14(16-10)17-18-19-20/h4-7,12H,3H2,1-2H3,(H,16,17,19). The number of rotatable bonds is 3. The van der Waals surface area contributed by atoms with E-state index in [1.807, 2.05) is 19.1 Å². The molecule has 22 heavy (non-hydrogen) atoms. The van der Waals surface area contributed by atoms with Crippen LogP contribution in [-0.4, -0.2) is 33.3 Å². The number of benzene rings is 1. The Kier molecular flexibility index (Phi) is 3.81. The molecule has 0 radical (unpaired) electrons. The average Bonchev–Trinajstić information content (AvgIpc) is 3.01. The fourth-order valence-corrected chi connectivity index (χ4v) is 2.64. The molecule has 3 rings (SSSR count). The summed E-state index contributed by atoms with van der Waals surface area (Å²) in [5, 5.41) is 15.3. The van der Waals surface area contributed by atoms with E-state index in [1.54, 1.807) is 16.8 Å². The monoisotopic (exact) mass is 319 g/mol.